The van der Waals surface area contributed by atoms with E-state index in [1.807, 2.05) is 0 Å². The van der Waals surface area contributed by atoms with E-state index in [1.165, 1.54) is 22.9 Å². The maximum Gasteiger partial charge on any atom is 0.389 e. The van der Waals surface area contributed by atoms with Crippen molar-refractivity contribution >= 4 is 28.0 Å². The van der Waals surface area contributed by atoms with Crippen LogP contribution < -0.4 is 21.5 Å². The molecule has 0 spiro atoms. The van der Waals surface area contributed by atoms with Gasteiger partial charge in [-0.2, -0.15) is 18.2 Å². The second-order valence-corrected chi connectivity index (χ2v) is 6.27. The number of nitrogens with one attached hydrogen (secondary N) is 2. The molecule has 0 aromatic heterocycles. The lowest BCUT2D eigenvalue weighted by atomic mass is 10.1. The number of amides is 4. The monoisotopic (exact) mass is 381 g/mol. The second kappa shape index (κ2) is 7.83. The number of sulfonamides is 1. The molecular formula is C12H14F3N5O4S. The van der Waals surface area contributed by atoms with Crippen molar-refractivity contribution in [3.8, 4) is 0 Å². The van der Waals surface area contributed by atoms with Crippen LogP contribution in [0.25, 0.3) is 0 Å². The van der Waals surface area contributed by atoms with Crippen molar-refractivity contribution in [1.82, 2.24) is 10.0 Å². The summed E-state index contributed by atoms with van der Waals surface area (Å²) in [7, 11) is -4.51. The molecule has 0 fully saturated rings. The predicted octanol–water partition coefficient (Wildman–Crippen LogP) is 0.563. The van der Waals surface area contributed by atoms with Gasteiger partial charge in [-0.3, -0.25) is 5.32 Å². The molecule has 4 amide bonds. The highest BCUT2D eigenvalue weighted by molar-refractivity contribution is 7.90. The number of hydrogen-bond acceptors (Lipinski definition) is 4. The SMILES string of the molecule is NC(=O)N/C(N)=N/C(=O)NS(=O)(=O)c1ccccc1CCC(F)(F)F. The molecule has 0 aliphatic rings. The Hall–Kier alpha value is -2.83. The molecule has 0 bridgehead atoms. The Bertz CT molecular complexity index is 792. The lowest BCUT2D eigenvalue weighted by Crippen LogP contribution is -2.42. The largest absolute Gasteiger partial charge is 0.389 e. The van der Waals surface area contributed by atoms with Gasteiger partial charge >= 0.3 is 18.2 Å². The highest BCUT2D eigenvalue weighted by Gasteiger charge is 2.28. The van der Waals surface area contributed by atoms with Gasteiger partial charge < -0.3 is 11.5 Å². The zero-order chi connectivity index (χ0) is 19.3. The molecule has 0 saturated carbocycles. The van der Waals surface area contributed by atoms with Gasteiger partial charge in [0.2, 0.25) is 5.96 Å². The zero-order valence-corrected chi connectivity index (χ0v) is 13.3. The van der Waals surface area contributed by atoms with E-state index in [9.17, 15) is 31.2 Å². The van der Waals surface area contributed by atoms with E-state index < -0.39 is 52.0 Å². The minimum absolute atomic E-state index is 0.132. The Kier molecular flexibility index (Phi) is 6.33. The standard InChI is InChI=1S/C12H14F3N5O4S/c13-12(14,15)6-5-7-3-1-2-4-8(7)25(23,24)20-11(22)19-9(16)18-10(17)21/h1-4H,5-6H2,(H6,16,17,18,19,20,21,22). The number of halogens is 3. The molecule has 0 atom stereocenters. The lowest BCUT2D eigenvalue weighted by Gasteiger charge is -2.11. The van der Waals surface area contributed by atoms with Crippen molar-refractivity contribution in [2.75, 3.05) is 0 Å². The van der Waals surface area contributed by atoms with Gasteiger partial charge in [-0.1, -0.05) is 18.2 Å². The number of aliphatic imine (C=N–C) groups is 1. The van der Waals surface area contributed by atoms with Gasteiger partial charge in [0.1, 0.15) is 0 Å². The van der Waals surface area contributed by atoms with Crippen molar-refractivity contribution in [2.24, 2.45) is 16.5 Å². The number of hydrogen-bond donors (Lipinski definition) is 4. The van der Waals surface area contributed by atoms with Crippen LogP contribution in [0.2, 0.25) is 0 Å². The first-order chi connectivity index (χ1) is 11.4. The third kappa shape index (κ3) is 7.07. The van der Waals surface area contributed by atoms with Crippen LogP contribution in [-0.4, -0.2) is 32.6 Å². The summed E-state index contributed by atoms with van der Waals surface area (Å²) < 4.78 is 62.8. The van der Waals surface area contributed by atoms with Crippen LogP contribution in [0.15, 0.2) is 34.2 Å². The fourth-order valence-electron chi connectivity index (χ4n) is 1.71. The lowest BCUT2D eigenvalue weighted by molar-refractivity contribution is -0.134. The number of guanidine groups is 1. The molecule has 1 rings (SSSR count). The van der Waals surface area contributed by atoms with Crippen LogP contribution >= 0.6 is 0 Å². The smallest absolute Gasteiger partial charge is 0.369 e. The van der Waals surface area contributed by atoms with Gasteiger partial charge in [0.25, 0.3) is 10.0 Å². The van der Waals surface area contributed by atoms with Crippen molar-refractivity contribution in [2.45, 2.75) is 23.9 Å². The molecule has 0 radical (unpaired) electrons. The maximum atomic E-state index is 12.3. The van der Waals surface area contributed by atoms with E-state index in [2.05, 4.69) is 4.99 Å². The summed E-state index contributed by atoms with van der Waals surface area (Å²) in [4.78, 5) is 24.5. The molecule has 6 N–H and O–H groups in total. The second-order valence-electron chi connectivity index (χ2n) is 4.62. The molecule has 0 saturated heterocycles. The molecule has 13 heteroatoms. The number of benzene rings is 1. The summed E-state index contributed by atoms with van der Waals surface area (Å²) in [5, 5.41) is 1.73. The first-order valence-corrected chi connectivity index (χ1v) is 8.01. The van der Waals surface area contributed by atoms with E-state index in [0.717, 1.165) is 6.07 Å². The van der Waals surface area contributed by atoms with Gasteiger partial charge in [0.15, 0.2) is 0 Å². The van der Waals surface area contributed by atoms with Crippen LogP contribution in [0.4, 0.5) is 22.8 Å². The van der Waals surface area contributed by atoms with E-state index in [1.54, 1.807) is 5.32 Å². The molecular weight excluding hydrogens is 367 g/mol. The average Bonchev–Trinajstić information content (AvgIpc) is 2.42. The number of nitrogens with two attached hydrogens (primary N) is 2. The van der Waals surface area contributed by atoms with Crippen molar-refractivity contribution in [1.29, 1.82) is 0 Å². The number of carbonyl (C=O) groups excluding carboxylic acids is 2. The van der Waals surface area contributed by atoms with Crippen molar-refractivity contribution in [3.05, 3.63) is 29.8 Å². The number of primary amides is 1. The van der Waals surface area contributed by atoms with E-state index in [0.29, 0.717) is 0 Å². The molecule has 138 valence electrons. The Morgan fingerprint density at radius 1 is 1.16 bits per heavy atom. The Morgan fingerprint density at radius 3 is 2.32 bits per heavy atom. The number of nitrogens with zero attached hydrogens (tertiary/aromatic N) is 1. The molecule has 1 aromatic carbocycles. The third-order valence-electron chi connectivity index (χ3n) is 2.63. The number of rotatable bonds is 4. The molecule has 0 aliphatic heterocycles. The molecule has 25 heavy (non-hydrogen) atoms. The van der Waals surface area contributed by atoms with Gasteiger partial charge in [0.05, 0.1) is 4.90 Å². The maximum absolute atomic E-state index is 12.3. The fourth-order valence-corrected chi connectivity index (χ4v) is 2.86. The Balaban J connectivity index is 2.99. The summed E-state index contributed by atoms with van der Waals surface area (Å²) in [5.74, 6) is -0.759. The van der Waals surface area contributed by atoms with Crippen molar-refractivity contribution in [3.63, 3.8) is 0 Å². The number of alkyl halides is 3. The Morgan fingerprint density at radius 2 is 1.76 bits per heavy atom. The van der Waals surface area contributed by atoms with Crippen LogP contribution in [0, 0.1) is 0 Å². The van der Waals surface area contributed by atoms with Gasteiger partial charge in [-0.25, -0.2) is 22.7 Å². The zero-order valence-electron chi connectivity index (χ0n) is 12.5. The number of carbonyl (C=O) groups is 2. The summed E-state index contributed by atoms with van der Waals surface area (Å²) >= 11 is 0. The minimum Gasteiger partial charge on any atom is -0.369 e. The van der Waals surface area contributed by atoms with Gasteiger partial charge in [-0.05, 0) is 18.1 Å². The summed E-state index contributed by atoms with van der Waals surface area (Å²) in [6.07, 6.45) is -6.30. The molecule has 0 heterocycles. The molecule has 0 unspecified atom stereocenters. The molecule has 0 aliphatic carbocycles. The van der Waals surface area contributed by atoms with Gasteiger partial charge in [-0.15, -0.1) is 0 Å². The summed E-state index contributed by atoms with van der Waals surface area (Å²) in [5.41, 5.74) is 9.71. The fraction of sp³-hybridized carbons (Fsp3) is 0.250. The van der Waals surface area contributed by atoms with E-state index >= 15 is 0 Å². The van der Waals surface area contributed by atoms with Crippen LogP contribution in [0.1, 0.15) is 12.0 Å². The number of urea groups is 2. The third-order valence-corrected chi connectivity index (χ3v) is 4.06. The highest BCUT2D eigenvalue weighted by atomic mass is 32.2. The summed E-state index contributed by atoms with van der Waals surface area (Å²) in [6.45, 7) is 0. The van der Waals surface area contributed by atoms with E-state index in [-0.39, 0.29) is 5.56 Å². The van der Waals surface area contributed by atoms with Gasteiger partial charge in [0, 0.05) is 6.42 Å². The number of aryl methyl sites for hydroxylation is 1. The first-order valence-electron chi connectivity index (χ1n) is 6.53. The van der Waals surface area contributed by atoms with Crippen LogP contribution in [-0.2, 0) is 16.4 Å². The Labute approximate surface area is 140 Å². The average molecular weight is 381 g/mol. The van der Waals surface area contributed by atoms with E-state index in [4.69, 9.17) is 11.5 Å². The predicted molar refractivity (Wildman–Crippen MR) is 80.9 cm³/mol. The normalized spacial score (nSPS) is 12.5. The molecule has 9 nitrogen and oxygen atoms in total. The van der Waals surface area contributed by atoms with Crippen LogP contribution in [0.5, 0.6) is 0 Å². The highest BCUT2D eigenvalue weighted by Crippen LogP contribution is 2.25. The molecule has 1 aromatic rings. The quantitative estimate of drug-likeness (QED) is 0.443. The topological polar surface area (TPSA) is 157 Å². The first kappa shape index (κ1) is 20.2. The van der Waals surface area contributed by atoms with Crippen LogP contribution in [0.3, 0.4) is 0 Å². The summed E-state index contributed by atoms with van der Waals surface area (Å²) in [6, 6.07) is 2.28. The van der Waals surface area contributed by atoms with Crippen molar-refractivity contribution < 1.29 is 31.2 Å². The minimum atomic E-state index is -4.51.